The van der Waals surface area contributed by atoms with E-state index in [1.54, 1.807) is 26.5 Å². The molecular formula is C18H19NO4. The Kier molecular flexibility index (Phi) is 4.02. The zero-order chi connectivity index (χ0) is 16.4. The Balaban J connectivity index is 2.11. The van der Waals surface area contributed by atoms with E-state index in [0.717, 1.165) is 27.8 Å². The van der Waals surface area contributed by atoms with Gasteiger partial charge in [0.15, 0.2) is 11.5 Å². The van der Waals surface area contributed by atoms with Gasteiger partial charge in [0.05, 0.1) is 27.0 Å². The van der Waals surface area contributed by atoms with Gasteiger partial charge in [-0.05, 0) is 42.6 Å². The van der Waals surface area contributed by atoms with Crippen molar-refractivity contribution in [3.63, 3.8) is 0 Å². The van der Waals surface area contributed by atoms with Crippen LogP contribution < -0.4 is 14.8 Å². The van der Waals surface area contributed by atoms with Gasteiger partial charge in [-0.3, -0.25) is 0 Å². The summed E-state index contributed by atoms with van der Waals surface area (Å²) in [6.07, 6.45) is 1.64. The maximum absolute atomic E-state index is 10.2. The molecule has 120 valence electrons. The van der Waals surface area contributed by atoms with Crippen LogP contribution in [0.2, 0.25) is 0 Å². The van der Waals surface area contributed by atoms with Crippen LogP contribution in [-0.4, -0.2) is 19.3 Å². The number of aromatic hydroxyl groups is 1. The van der Waals surface area contributed by atoms with Crippen molar-refractivity contribution < 1.29 is 19.0 Å². The van der Waals surface area contributed by atoms with E-state index in [0.29, 0.717) is 18.0 Å². The third-order valence-corrected chi connectivity index (χ3v) is 3.90. The molecule has 0 aliphatic carbocycles. The fourth-order valence-corrected chi connectivity index (χ4v) is 2.63. The van der Waals surface area contributed by atoms with Gasteiger partial charge in [-0.15, -0.1) is 0 Å². The average Bonchev–Trinajstić information content (AvgIpc) is 3.07. The van der Waals surface area contributed by atoms with Crippen molar-refractivity contribution in [1.82, 2.24) is 0 Å². The summed E-state index contributed by atoms with van der Waals surface area (Å²) in [5, 5.41) is 15.4. The summed E-state index contributed by atoms with van der Waals surface area (Å²) < 4.78 is 16.1. The Morgan fingerprint density at radius 1 is 1.13 bits per heavy atom. The summed E-state index contributed by atoms with van der Waals surface area (Å²) >= 11 is 0. The standard InChI is InChI=1S/C18H19NO4/c1-11-15(20)7-12-8-16(21-2)17(22-3)9-14(12)18(11)19-10-13-5-4-6-23-13/h4-9,19-20H,10H2,1-3H3. The van der Waals surface area contributed by atoms with Gasteiger partial charge >= 0.3 is 0 Å². The molecule has 5 nitrogen and oxygen atoms in total. The lowest BCUT2D eigenvalue weighted by Gasteiger charge is -2.16. The molecule has 1 aromatic heterocycles. The smallest absolute Gasteiger partial charge is 0.161 e. The van der Waals surface area contributed by atoms with Crippen LogP contribution >= 0.6 is 0 Å². The molecule has 0 bridgehead atoms. The summed E-state index contributed by atoms with van der Waals surface area (Å²) in [4.78, 5) is 0. The number of phenolic OH excluding ortho intramolecular Hbond substituents is 1. The van der Waals surface area contributed by atoms with E-state index < -0.39 is 0 Å². The fraction of sp³-hybridized carbons (Fsp3) is 0.222. The Bertz CT molecular complexity index is 825. The van der Waals surface area contributed by atoms with Gasteiger partial charge in [0.2, 0.25) is 0 Å². The second kappa shape index (κ2) is 6.12. The van der Waals surface area contributed by atoms with Crippen LogP contribution in [0.3, 0.4) is 0 Å². The molecule has 0 saturated carbocycles. The van der Waals surface area contributed by atoms with Gasteiger partial charge in [-0.25, -0.2) is 0 Å². The van der Waals surface area contributed by atoms with Crippen LogP contribution in [0.4, 0.5) is 5.69 Å². The van der Waals surface area contributed by atoms with E-state index in [2.05, 4.69) is 5.32 Å². The molecule has 5 heteroatoms. The van der Waals surface area contributed by atoms with Gasteiger partial charge in [-0.1, -0.05) is 0 Å². The first-order valence-electron chi connectivity index (χ1n) is 7.28. The Hall–Kier alpha value is -2.82. The van der Waals surface area contributed by atoms with Crippen LogP contribution in [0.5, 0.6) is 17.2 Å². The second-order valence-electron chi connectivity index (χ2n) is 5.26. The quantitative estimate of drug-likeness (QED) is 0.743. The summed E-state index contributed by atoms with van der Waals surface area (Å²) in [6, 6.07) is 9.23. The molecule has 23 heavy (non-hydrogen) atoms. The highest BCUT2D eigenvalue weighted by atomic mass is 16.5. The first-order valence-corrected chi connectivity index (χ1v) is 7.28. The number of anilines is 1. The highest BCUT2D eigenvalue weighted by Gasteiger charge is 2.14. The zero-order valence-corrected chi connectivity index (χ0v) is 13.3. The van der Waals surface area contributed by atoms with E-state index in [4.69, 9.17) is 13.9 Å². The summed E-state index contributed by atoms with van der Waals surface area (Å²) in [7, 11) is 3.20. The average molecular weight is 313 g/mol. The SMILES string of the molecule is COc1cc2cc(O)c(C)c(NCc3ccco3)c2cc1OC. The first-order chi connectivity index (χ1) is 11.1. The van der Waals surface area contributed by atoms with Crippen LogP contribution in [0.1, 0.15) is 11.3 Å². The molecular weight excluding hydrogens is 294 g/mol. The van der Waals surface area contributed by atoms with E-state index in [-0.39, 0.29) is 5.75 Å². The second-order valence-corrected chi connectivity index (χ2v) is 5.26. The normalized spacial score (nSPS) is 10.7. The lowest BCUT2D eigenvalue weighted by molar-refractivity contribution is 0.356. The third kappa shape index (κ3) is 2.77. The maximum Gasteiger partial charge on any atom is 0.161 e. The van der Waals surface area contributed by atoms with Crippen molar-refractivity contribution in [2.24, 2.45) is 0 Å². The van der Waals surface area contributed by atoms with Crippen molar-refractivity contribution in [3.05, 3.63) is 47.9 Å². The number of hydrogen-bond acceptors (Lipinski definition) is 5. The lowest BCUT2D eigenvalue weighted by atomic mass is 10.0. The molecule has 2 N–H and O–H groups in total. The molecule has 0 amide bonds. The van der Waals surface area contributed by atoms with Gasteiger partial charge in [0.1, 0.15) is 11.5 Å². The van der Waals surface area contributed by atoms with Crippen molar-refractivity contribution in [1.29, 1.82) is 0 Å². The number of nitrogens with one attached hydrogen (secondary N) is 1. The monoisotopic (exact) mass is 313 g/mol. The van der Waals surface area contributed by atoms with E-state index in [1.165, 1.54) is 0 Å². The van der Waals surface area contributed by atoms with Gasteiger partial charge in [0, 0.05) is 16.6 Å². The minimum atomic E-state index is 0.228. The molecule has 0 aliphatic heterocycles. The summed E-state index contributed by atoms with van der Waals surface area (Å²) in [5.41, 5.74) is 1.62. The number of hydrogen-bond donors (Lipinski definition) is 2. The van der Waals surface area contributed by atoms with Crippen LogP contribution in [0, 0.1) is 6.92 Å². The Morgan fingerprint density at radius 3 is 2.52 bits per heavy atom. The first kappa shape index (κ1) is 15.1. The summed E-state index contributed by atoms with van der Waals surface area (Å²) in [5.74, 6) is 2.32. The molecule has 0 unspecified atom stereocenters. The van der Waals surface area contributed by atoms with Gasteiger partial charge in [0.25, 0.3) is 0 Å². The number of rotatable bonds is 5. The number of methoxy groups -OCH3 is 2. The van der Waals surface area contributed by atoms with Crippen molar-refractivity contribution >= 4 is 16.5 Å². The molecule has 0 aliphatic rings. The van der Waals surface area contributed by atoms with Crippen LogP contribution in [0.25, 0.3) is 10.8 Å². The van der Waals surface area contributed by atoms with Crippen LogP contribution in [0.15, 0.2) is 41.0 Å². The maximum atomic E-state index is 10.2. The van der Waals surface area contributed by atoms with E-state index >= 15 is 0 Å². The molecule has 0 radical (unpaired) electrons. The van der Waals surface area contributed by atoms with E-state index in [1.807, 2.05) is 31.2 Å². The predicted molar refractivity (Wildman–Crippen MR) is 89.5 cm³/mol. The number of phenols is 1. The van der Waals surface area contributed by atoms with Gasteiger partial charge < -0.3 is 24.3 Å². The molecule has 0 fully saturated rings. The highest BCUT2D eigenvalue weighted by Crippen LogP contribution is 2.40. The number of ether oxygens (including phenoxy) is 2. The number of furan rings is 1. The molecule has 3 aromatic rings. The molecule has 1 heterocycles. The molecule has 3 rings (SSSR count). The van der Waals surface area contributed by atoms with Crippen molar-refractivity contribution in [3.8, 4) is 17.2 Å². The predicted octanol–water partition coefficient (Wildman–Crippen LogP) is 4.08. The topological polar surface area (TPSA) is 63.9 Å². The highest BCUT2D eigenvalue weighted by molar-refractivity contribution is 5.99. The van der Waals surface area contributed by atoms with Crippen LogP contribution in [-0.2, 0) is 6.54 Å². The lowest BCUT2D eigenvalue weighted by Crippen LogP contribution is -2.02. The largest absolute Gasteiger partial charge is 0.508 e. The number of fused-ring (bicyclic) bond motifs is 1. The molecule has 2 aromatic carbocycles. The molecule has 0 atom stereocenters. The Labute approximate surface area is 134 Å². The minimum absolute atomic E-state index is 0.228. The minimum Gasteiger partial charge on any atom is -0.508 e. The van der Waals surface area contributed by atoms with E-state index in [9.17, 15) is 5.11 Å². The fourth-order valence-electron chi connectivity index (χ4n) is 2.63. The van der Waals surface area contributed by atoms with Crippen molar-refractivity contribution in [2.75, 3.05) is 19.5 Å². The Morgan fingerprint density at radius 2 is 1.87 bits per heavy atom. The number of benzene rings is 2. The summed E-state index contributed by atoms with van der Waals surface area (Å²) in [6.45, 7) is 2.40. The van der Waals surface area contributed by atoms with Crippen molar-refractivity contribution in [2.45, 2.75) is 13.5 Å². The van der Waals surface area contributed by atoms with Gasteiger partial charge in [-0.2, -0.15) is 0 Å². The molecule has 0 saturated heterocycles. The third-order valence-electron chi connectivity index (χ3n) is 3.90. The molecule has 0 spiro atoms. The zero-order valence-electron chi connectivity index (χ0n) is 13.3.